The fourth-order valence-corrected chi connectivity index (χ4v) is 4.58. The van der Waals surface area contributed by atoms with E-state index in [0.717, 1.165) is 31.6 Å². The van der Waals surface area contributed by atoms with Gasteiger partial charge in [-0.15, -0.1) is 0 Å². The second-order valence-corrected chi connectivity index (χ2v) is 8.29. The Kier molecular flexibility index (Phi) is 8.04. The Morgan fingerprint density at radius 1 is 1.06 bits per heavy atom. The average molecular weight is 443 g/mol. The van der Waals surface area contributed by atoms with E-state index in [0.29, 0.717) is 32.7 Å². The smallest absolute Gasteiger partial charge is 0.330 e. The van der Waals surface area contributed by atoms with Crippen LogP contribution in [0.1, 0.15) is 33.1 Å². The largest absolute Gasteiger partial charge is 0.382 e. The van der Waals surface area contributed by atoms with Crippen LogP contribution in [-0.4, -0.2) is 58.8 Å². The van der Waals surface area contributed by atoms with Crippen LogP contribution in [0.5, 0.6) is 0 Å². The van der Waals surface area contributed by atoms with E-state index in [-0.39, 0.29) is 17.2 Å². The molecule has 0 atom stereocenters. The molecule has 32 heavy (non-hydrogen) atoms. The van der Waals surface area contributed by atoms with Gasteiger partial charge in [-0.3, -0.25) is 18.7 Å². The van der Waals surface area contributed by atoms with Crippen LogP contribution in [0.25, 0.3) is 0 Å². The third-order valence-electron chi connectivity index (χ3n) is 6.35. The Hall–Kier alpha value is -2.71. The van der Waals surface area contributed by atoms with Gasteiger partial charge in [-0.05, 0) is 31.9 Å². The van der Waals surface area contributed by atoms with Crippen molar-refractivity contribution >= 4 is 11.6 Å². The predicted octanol–water partition coefficient (Wildman–Crippen LogP) is 1.95. The number of nitrogens with zero attached hydrogens (tertiary/aromatic N) is 4. The summed E-state index contributed by atoms with van der Waals surface area (Å²) in [6.45, 7) is 7.35. The summed E-state index contributed by atoms with van der Waals surface area (Å²) >= 11 is 0. The van der Waals surface area contributed by atoms with Gasteiger partial charge in [0, 0.05) is 64.2 Å². The van der Waals surface area contributed by atoms with Crippen LogP contribution in [0.3, 0.4) is 0 Å². The molecule has 8 nitrogen and oxygen atoms in total. The minimum Gasteiger partial charge on any atom is -0.382 e. The molecule has 0 spiro atoms. The molecular formula is C24H34N4O4. The summed E-state index contributed by atoms with van der Waals surface area (Å²) in [4.78, 5) is 41.5. The fraction of sp³-hybridized carbons (Fsp3) is 0.542. The van der Waals surface area contributed by atoms with Crippen LogP contribution in [-0.2, 0) is 22.6 Å². The maximum atomic E-state index is 13.0. The molecular weight excluding hydrogens is 408 g/mol. The summed E-state index contributed by atoms with van der Waals surface area (Å²) in [6, 6.07) is 11.3. The first-order valence-corrected chi connectivity index (χ1v) is 11.4. The fourth-order valence-electron chi connectivity index (χ4n) is 4.58. The van der Waals surface area contributed by atoms with Crippen LogP contribution in [0.4, 0.5) is 5.69 Å². The maximum absolute atomic E-state index is 13.0. The number of carbonyl (C=O) groups excluding carboxylic acids is 1. The third-order valence-corrected chi connectivity index (χ3v) is 6.35. The lowest BCUT2D eigenvalue weighted by Gasteiger charge is -2.48. The van der Waals surface area contributed by atoms with Gasteiger partial charge in [0.25, 0.3) is 5.56 Å². The summed E-state index contributed by atoms with van der Waals surface area (Å²) in [5, 5.41) is 0. The normalized spacial score (nSPS) is 16.1. The molecule has 1 aromatic heterocycles. The molecule has 0 N–H and O–H groups in total. The first kappa shape index (κ1) is 23.9. The maximum Gasteiger partial charge on any atom is 0.330 e. The highest BCUT2D eigenvalue weighted by atomic mass is 16.5. The van der Waals surface area contributed by atoms with Crippen LogP contribution in [0.2, 0.25) is 0 Å². The van der Waals surface area contributed by atoms with Gasteiger partial charge >= 0.3 is 5.69 Å². The number of hydrogen-bond donors (Lipinski definition) is 0. The van der Waals surface area contributed by atoms with E-state index in [1.165, 1.54) is 10.6 Å². The number of carbonyl (C=O) groups is 1. The number of methoxy groups -OCH3 is 1. The molecule has 0 bridgehead atoms. The van der Waals surface area contributed by atoms with Gasteiger partial charge in [-0.1, -0.05) is 25.1 Å². The zero-order valence-corrected chi connectivity index (χ0v) is 19.3. The Balaban J connectivity index is 1.74. The van der Waals surface area contributed by atoms with Crippen molar-refractivity contribution in [2.24, 2.45) is 0 Å². The van der Waals surface area contributed by atoms with Gasteiger partial charge in [-0.2, -0.15) is 0 Å². The van der Waals surface area contributed by atoms with E-state index < -0.39 is 5.54 Å². The molecule has 8 heteroatoms. The van der Waals surface area contributed by atoms with Crippen molar-refractivity contribution in [3.05, 3.63) is 63.4 Å². The number of para-hydroxylation sites is 1. The number of piperidine rings is 1. The molecule has 0 aliphatic carbocycles. The minimum absolute atomic E-state index is 0.0927. The lowest BCUT2D eigenvalue weighted by atomic mass is 9.85. The van der Waals surface area contributed by atoms with Crippen LogP contribution in [0.15, 0.2) is 52.2 Å². The van der Waals surface area contributed by atoms with E-state index in [4.69, 9.17) is 4.74 Å². The lowest BCUT2D eigenvalue weighted by Crippen LogP contribution is -2.60. The van der Waals surface area contributed by atoms with Gasteiger partial charge in [0.15, 0.2) is 0 Å². The van der Waals surface area contributed by atoms with E-state index in [1.54, 1.807) is 24.8 Å². The molecule has 2 aromatic rings. The van der Waals surface area contributed by atoms with Crippen molar-refractivity contribution < 1.29 is 9.53 Å². The average Bonchev–Trinajstić information content (AvgIpc) is 2.81. The Bertz CT molecular complexity index is 1010. The molecule has 1 amide bonds. The van der Waals surface area contributed by atoms with Gasteiger partial charge in [0.2, 0.25) is 5.91 Å². The van der Waals surface area contributed by atoms with Crippen LogP contribution >= 0.6 is 0 Å². The molecule has 1 aromatic carbocycles. The van der Waals surface area contributed by atoms with Gasteiger partial charge in [0.05, 0.1) is 12.1 Å². The number of likely N-dealkylation sites (tertiary alicyclic amines) is 1. The molecule has 0 saturated carbocycles. The standard InChI is InChI=1S/C24H34N4O4/c1-4-21(29)28(20-9-7-6-8-10-20)24(19-32-3)12-15-25(16-13-24)17-18-26-14-11-22(30)27(5-2)23(26)31/h6-11,14H,4-5,12-13,15-19H2,1-3H3. The van der Waals surface area contributed by atoms with Gasteiger partial charge < -0.3 is 14.5 Å². The number of aromatic nitrogens is 2. The molecule has 1 aliphatic rings. The zero-order valence-electron chi connectivity index (χ0n) is 19.3. The molecule has 1 fully saturated rings. The molecule has 1 aliphatic heterocycles. The summed E-state index contributed by atoms with van der Waals surface area (Å²) in [5.74, 6) is 0.0927. The second-order valence-electron chi connectivity index (χ2n) is 8.29. The molecule has 3 rings (SSSR count). The first-order chi connectivity index (χ1) is 15.5. The summed E-state index contributed by atoms with van der Waals surface area (Å²) < 4.78 is 8.45. The Morgan fingerprint density at radius 3 is 2.34 bits per heavy atom. The van der Waals surface area contributed by atoms with E-state index in [9.17, 15) is 14.4 Å². The highest BCUT2D eigenvalue weighted by Crippen LogP contribution is 2.34. The lowest BCUT2D eigenvalue weighted by molar-refractivity contribution is -0.120. The van der Waals surface area contributed by atoms with Crippen molar-refractivity contribution in [1.82, 2.24) is 14.0 Å². The van der Waals surface area contributed by atoms with Crippen molar-refractivity contribution in [3.8, 4) is 0 Å². The highest BCUT2D eigenvalue weighted by Gasteiger charge is 2.42. The molecule has 174 valence electrons. The van der Waals surface area contributed by atoms with E-state index in [2.05, 4.69) is 4.90 Å². The quantitative estimate of drug-likeness (QED) is 0.593. The summed E-state index contributed by atoms with van der Waals surface area (Å²) in [6.07, 6.45) is 3.57. The topological polar surface area (TPSA) is 76.8 Å². The SMILES string of the molecule is CCC(=O)N(c1ccccc1)C1(COC)CCN(CCn2ccc(=O)n(CC)c2=O)CC1. The predicted molar refractivity (Wildman–Crippen MR) is 125 cm³/mol. The highest BCUT2D eigenvalue weighted by molar-refractivity contribution is 5.94. The number of rotatable bonds is 9. The first-order valence-electron chi connectivity index (χ1n) is 11.4. The van der Waals surface area contributed by atoms with E-state index >= 15 is 0 Å². The number of anilines is 1. The van der Waals surface area contributed by atoms with Gasteiger partial charge in [0.1, 0.15) is 0 Å². The number of benzene rings is 1. The van der Waals surface area contributed by atoms with Crippen molar-refractivity contribution in [1.29, 1.82) is 0 Å². The number of hydrogen-bond acceptors (Lipinski definition) is 5. The third kappa shape index (κ3) is 5.02. The monoisotopic (exact) mass is 442 g/mol. The van der Waals surface area contributed by atoms with Crippen molar-refractivity contribution in [2.45, 2.75) is 51.7 Å². The van der Waals surface area contributed by atoms with Crippen LogP contribution in [0, 0.1) is 0 Å². The molecule has 0 unspecified atom stereocenters. The summed E-state index contributed by atoms with van der Waals surface area (Å²) in [5.41, 5.74) is -0.0307. The molecule has 0 radical (unpaired) electrons. The minimum atomic E-state index is -0.397. The van der Waals surface area contributed by atoms with Gasteiger partial charge in [-0.25, -0.2) is 4.79 Å². The number of ether oxygens (including phenoxy) is 1. The van der Waals surface area contributed by atoms with E-state index in [1.807, 2.05) is 42.2 Å². The Morgan fingerprint density at radius 2 is 1.75 bits per heavy atom. The second kappa shape index (κ2) is 10.7. The summed E-state index contributed by atoms with van der Waals surface area (Å²) in [7, 11) is 1.68. The number of amides is 1. The molecule has 2 heterocycles. The van der Waals surface area contributed by atoms with Crippen molar-refractivity contribution in [3.63, 3.8) is 0 Å². The Labute approximate surface area is 189 Å². The van der Waals surface area contributed by atoms with Crippen LogP contribution < -0.4 is 16.1 Å². The zero-order chi connectivity index (χ0) is 23.1. The molecule has 1 saturated heterocycles. The van der Waals surface area contributed by atoms with Crippen molar-refractivity contribution in [2.75, 3.05) is 38.3 Å².